The Labute approximate surface area is 93.7 Å². The maximum absolute atomic E-state index is 13.6. The number of nitrogens with zero attached hydrogens (tertiary/aromatic N) is 2. The Bertz CT molecular complexity index is 491. The van der Waals surface area contributed by atoms with Crippen molar-refractivity contribution >= 4 is 0 Å². The van der Waals surface area contributed by atoms with Crippen LogP contribution in [0.2, 0.25) is 0 Å². The van der Waals surface area contributed by atoms with E-state index in [9.17, 15) is 4.39 Å². The van der Waals surface area contributed by atoms with Gasteiger partial charge in [0.25, 0.3) is 0 Å². The van der Waals surface area contributed by atoms with Gasteiger partial charge in [-0.3, -0.25) is 0 Å². The normalized spacial score (nSPS) is 10.7. The summed E-state index contributed by atoms with van der Waals surface area (Å²) >= 11 is 0. The summed E-state index contributed by atoms with van der Waals surface area (Å²) in [5.41, 5.74) is 6.72. The summed E-state index contributed by atoms with van der Waals surface area (Å²) in [5, 5.41) is 0. The van der Waals surface area contributed by atoms with Crippen LogP contribution in [-0.4, -0.2) is 9.55 Å². The highest BCUT2D eigenvalue weighted by Crippen LogP contribution is 2.20. The molecule has 2 rings (SSSR count). The molecule has 0 saturated heterocycles. The number of imidazole rings is 1. The second kappa shape index (κ2) is 4.45. The van der Waals surface area contributed by atoms with Gasteiger partial charge < -0.3 is 10.3 Å². The monoisotopic (exact) mass is 219 g/mol. The van der Waals surface area contributed by atoms with Crippen molar-refractivity contribution in [2.75, 3.05) is 0 Å². The average Bonchev–Trinajstić information content (AvgIpc) is 2.77. The molecule has 1 aromatic carbocycles. The van der Waals surface area contributed by atoms with Crippen molar-refractivity contribution in [3.8, 4) is 11.4 Å². The summed E-state index contributed by atoms with van der Waals surface area (Å²) in [4.78, 5) is 4.22. The molecule has 0 atom stereocenters. The van der Waals surface area contributed by atoms with Gasteiger partial charge in [0.15, 0.2) is 0 Å². The highest BCUT2D eigenvalue weighted by Gasteiger charge is 2.07. The minimum Gasteiger partial charge on any atom is -0.331 e. The molecule has 0 saturated carbocycles. The Balaban J connectivity index is 2.45. The summed E-state index contributed by atoms with van der Waals surface area (Å²) in [6.07, 6.45) is 3.59. The third-order valence-electron chi connectivity index (χ3n) is 2.59. The zero-order chi connectivity index (χ0) is 11.5. The first-order valence-electron chi connectivity index (χ1n) is 5.26. The van der Waals surface area contributed by atoms with E-state index in [0.29, 0.717) is 5.56 Å². The highest BCUT2D eigenvalue weighted by molar-refractivity contribution is 5.56. The molecule has 0 bridgehead atoms. The molecular weight excluding hydrogens is 205 g/mol. The van der Waals surface area contributed by atoms with Gasteiger partial charge in [-0.05, 0) is 13.0 Å². The Morgan fingerprint density at radius 3 is 2.88 bits per heavy atom. The molecule has 0 spiro atoms. The predicted octanol–water partition coefficient (Wildman–Crippen LogP) is 2.17. The van der Waals surface area contributed by atoms with Crippen LogP contribution in [0.1, 0.15) is 12.5 Å². The summed E-state index contributed by atoms with van der Waals surface area (Å²) in [7, 11) is 0. The Hall–Kier alpha value is -1.68. The van der Waals surface area contributed by atoms with Crippen molar-refractivity contribution in [3.05, 3.63) is 42.0 Å². The van der Waals surface area contributed by atoms with Gasteiger partial charge in [0.1, 0.15) is 11.6 Å². The zero-order valence-corrected chi connectivity index (χ0v) is 9.15. The van der Waals surface area contributed by atoms with Crippen molar-refractivity contribution in [1.29, 1.82) is 0 Å². The van der Waals surface area contributed by atoms with E-state index in [4.69, 9.17) is 5.73 Å². The number of benzene rings is 1. The zero-order valence-electron chi connectivity index (χ0n) is 9.15. The first kappa shape index (κ1) is 10.8. The third kappa shape index (κ3) is 1.84. The van der Waals surface area contributed by atoms with E-state index in [2.05, 4.69) is 4.98 Å². The molecule has 1 aromatic heterocycles. The molecule has 0 fully saturated rings. The van der Waals surface area contributed by atoms with Crippen LogP contribution in [0.15, 0.2) is 30.6 Å². The molecular formula is C12H14FN3. The van der Waals surface area contributed by atoms with Crippen LogP contribution in [0, 0.1) is 5.82 Å². The first-order chi connectivity index (χ1) is 7.76. The van der Waals surface area contributed by atoms with Gasteiger partial charge in [-0.2, -0.15) is 0 Å². The van der Waals surface area contributed by atoms with Gasteiger partial charge in [-0.15, -0.1) is 0 Å². The lowest BCUT2D eigenvalue weighted by molar-refractivity contribution is 0.610. The summed E-state index contributed by atoms with van der Waals surface area (Å²) in [6, 6.07) is 5.04. The molecule has 0 unspecified atom stereocenters. The minimum atomic E-state index is -0.273. The summed E-state index contributed by atoms with van der Waals surface area (Å²) in [5.74, 6) is 0.510. The van der Waals surface area contributed by atoms with Gasteiger partial charge in [0.2, 0.25) is 0 Å². The molecule has 4 heteroatoms. The maximum atomic E-state index is 13.6. The van der Waals surface area contributed by atoms with E-state index in [1.165, 1.54) is 6.07 Å². The van der Waals surface area contributed by atoms with E-state index in [1.54, 1.807) is 12.3 Å². The average molecular weight is 219 g/mol. The molecule has 84 valence electrons. The quantitative estimate of drug-likeness (QED) is 0.859. The summed E-state index contributed by atoms with van der Waals surface area (Å²) < 4.78 is 15.5. The van der Waals surface area contributed by atoms with Crippen LogP contribution in [0.25, 0.3) is 11.4 Å². The van der Waals surface area contributed by atoms with E-state index in [0.717, 1.165) is 17.9 Å². The molecule has 0 amide bonds. The van der Waals surface area contributed by atoms with Gasteiger partial charge in [-0.25, -0.2) is 9.37 Å². The number of aromatic nitrogens is 2. The molecule has 1 heterocycles. The van der Waals surface area contributed by atoms with Crippen molar-refractivity contribution in [2.45, 2.75) is 20.0 Å². The standard InChI is InChI=1S/C12H14FN3/c1-2-16-6-5-15-12(16)9-3-4-10(8-14)11(13)7-9/h3-7H,2,8,14H2,1H3. The highest BCUT2D eigenvalue weighted by atomic mass is 19.1. The summed E-state index contributed by atoms with van der Waals surface area (Å²) in [6.45, 7) is 3.06. The van der Waals surface area contributed by atoms with E-state index in [-0.39, 0.29) is 12.4 Å². The van der Waals surface area contributed by atoms with Gasteiger partial charge in [0, 0.05) is 36.6 Å². The van der Waals surface area contributed by atoms with Crippen molar-refractivity contribution in [3.63, 3.8) is 0 Å². The predicted molar refractivity (Wildman–Crippen MR) is 61.2 cm³/mol. The molecule has 0 aliphatic heterocycles. The second-order valence-electron chi connectivity index (χ2n) is 3.55. The lowest BCUT2D eigenvalue weighted by Gasteiger charge is -2.06. The van der Waals surface area contributed by atoms with Gasteiger partial charge >= 0.3 is 0 Å². The molecule has 0 aliphatic carbocycles. The molecule has 16 heavy (non-hydrogen) atoms. The Kier molecular flexibility index (Phi) is 3.01. The number of rotatable bonds is 3. The van der Waals surface area contributed by atoms with Crippen LogP contribution in [0.5, 0.6) is 0 Å². The van der Waals surface area contributed by atoms with E-state index < -0.39 is 0 Å². The third-order valence-corrected chi connectivity index (χ3v) is 2.59. The second-order valence-corrected chi connectivity index (χ2v) is 3.55. The van der Waals surface area contributed by atoms with Gasteiger partial charge in [0.05, 0.1) is 0 Å². The van der Waals surface area contributed by atoms with Crippen molar-refractivity contribution in [2.24, 2.45) is 5.73 Å². The topological polar surface area (TPSA) is 43.8 Å². The van der Waals surface area contributed by atoms with Crippen molar-refractivity contribution < 1.29 is 4.39 Å². The Morgan fingerprint density at radius 2 is 2.25 bits per heavy atom. The fraction of sp³-hybridized carbons (Fsp3) is 0.250. The number of halogens is 1. The van der Waals surface area contributed by atoms with Crippen LogP contribution in [-0.2, 0) is 13.1 Å². The number of aryl methyl sites for hydroxylation is 1. The molecule has 0 aliphatic rings. The number of hydrogen-bond donors (Lipinski definition) is 1. The molecule has 2 N–H and O–H groups in total. The smallest absolute Gasteiger partial charge is 0.139 e. The van der Waals surface area contributed by atoms with Crippen LogP contribution in [0.4, 0.5) is 4.39 Å². The van der Waals surface area contributed by atoms with E-state index in [1.807, 2.05) is 23.8 Å². The largest absolute Gasteiger partial charge is 0.331 e. The fourth-order valence-corrected chi connectivity index (χ4v) is 1.68. The number of hydrogen-bond acceptors (Lipinski definition) is 2. The van der Waals surface area contributed by atoms with Crippen LogP contribution >= 0.6 is 0 Å². The van der Waals surface area contributed by atoms with Crippen LogP contribution < -0.4 is 5.73 Å². The molecule has 2 aromatic rings. The Morgan fingerprint density at radius 1 is 1.44 bits per heavy atom. The fourth-order valence-electron chi connectivity index (χ4n) is 1.68. The van der Waals surface area contributed by atoms with Gasteiger partial charge in [-0.1, -0.05) is 12.1 Å². The van der Waals surface area contributed by atoms with E-state index >= 15 is 0 Å². The minimum absolute atomic E-state index is 0.217. The number of nitrogens with two attached hydrogens (primary N) is 1. The SMILES string of the molecule is CCn1ccnc1-c1ccc(CN)c(F)c1. The molecule has 0 radical (unpaired) electrons. The maximum Gasteiger partial charge on any atom is 0.139 e. The first-order valence-corrected chi connectivity index (χ1v) is 5.26. The van der Waals surface area contributed by atoms with Crippen molar-refractivity contribution in [1.82, 2.24) is 9.55 Å². The van der Waals surface area contributed by atoms with Crippen LogP contribution in [0.3, 0.4) is 0 Å². The lowest BCUT2D eigenvalue weighted by atomic mass is 10.1. The lowest BCUT2D eigenvalue weighted by Crippen LogP contribution is -2.01. The molecule has 3 nitrogen and oxygen atoms in total.